The fourth-order valence-electron chi connectivity index (χ4n) is 2.81. The molecule has 0 unspecified atom stereocenters. The minimum absolute atomic E-state index is 0.00529. The molecule has 0 aliphatic rings. The van der Waals surface area contributed by atoms with E-state index in [1.54, 1.807) is 18.8 Å². The standard InChI is InChI=1S/C22H26N4O4S2/c1-3-4-15-26(2)32(28,29)19-12-10-17(11-13-19)21(27)23-22-25-24-20(30-22)14-16-31-18-8-6-5-7-9-18/h5-13H,3-4,14-16H2,1-2H3,(H,23,25,27). The van der Waals surface area contributed by atoms with Gasteiger partial charge in [-0.05, 0) is 42.8 Å². The van der Waals surface area contributed by atoms with E-state index in [2.05, 4.69) is 15.5 Å². The molecule has 3 aromatic rings. The molecule has 0 saturated heterocycles. The number of amides is 1. The Hall–Kier alpha value is -2.69. The number of thioether (sulfide) groups is 1. The number of carbonyl (C=O) groups is 1. The van der Waals surface area contributed by atoms with Crippen molar-refractivity contribution in [2.75, 3.05) is 24.7 Å². The molecule has 3 rings (SSSR count). The zero-order valence-electron chi connectivity index (χ0n) is 18.0. The summed E-state index contributed by atoms with van der Waals surface area (Å²) in [4.78, 5) is 13.8. The Morgan fingerprint density at radius 2 is 1.81 bits per heavy atom. The van der Waals surface area contributed by atoms with Gasteiger partial charge in [-0.3, -0.25) is 10.1 Å². The van der Waals surface area contributed by atoms with Crippen LogP contribution in [0, 0.1) is 0 Å². The summed E-state index contributed by atoms with van der Waals surface area (Å²) in [5.41, 5.74) is 0.291. The number of hydrogen-bond donors (Lipinski definition) is 1. The maximum absolute atomic E-state index is 12.6. The van der Waals surface area contributed by atoms with E-state index in [1.807, 2.05) is 37.3 Å². The minimum Gasteiger partial charge on any atom is -0.408 e. The summed E-state index contributed by atoms with van der Waals surface area (Å²) in [6.45, 7) is 2.45. The van der Waals surface area contributed by atoms with Gasteiger partial charge in [-0.2, -0.15) is 0 Å². The zero-order valence-corrected chi connectivity index (χ0v) is 19.7. The number of unbranched alkanes of at least 4 members (excludes halogenated alkanes) is 1. The highest BCUT2D eigenvalue weighted by Crippen LogP contribution is 2.19. The summed E-state index contributed by atoms with van der Waals surface area (Å²) in [6, 6.07) is 15.8. The summed E-state index contributed by atoms with van der Waals surface area (Å²) in [7, 11) is -2.03. The van der Waals surface area contributed by atoms with Crippen molar-refractivity contribution < 1.29 is 17.6 Å². The van der Waals surface area contributed by atoms with E-state index in [-0.39, 0.29) is 10.9 Å². The van der Waals surface area contributed by atoms with Crippen molar-refractivity contribution >= 4 is 33.7 Å². The molecule has 2 aromatic carbocycles. The van der Waals surface area contributed by atoms with Crippen molar-refractivity contribution in [3.63, 3.8) is 0 Å². The summed E-state index contributed by atoms with van der Waals surface area (Å²) in [5.74, 6) is 0.741. The predicted molar refractivity (Wildman–Crippen MR) is 124 cm³/mol. The zero-order chi connectivity index (χ0) is 23.0. The SMILES string of the molecule is CCCCN(C)S(=O)(=O)c1ccc(C(=O)Nc2nnc(CCSc3ccccc3)o2)cc1. The molecule has 170 valence electrons. The van der Waals surface area contributed by atoms with Crippen molar-refractivity contribution in [1.29, 1.82) is 0 Å². The molecule has 0 fully saturated rings. The fraction of sp³-hybridized carbons (Fsp3) is 0.318. The minimum atomic E-state index is -3.58. The van der Waals surface area contributed by atoms with E-state index in [1.165, 1.54) is 28.6 Å². The van der Waals surface area contributed by atoms with Crippen LogP contribution in [0.2, 0.25) is 0 Å². The highest BCUT2D eigenvalue weighted by atomic mass is 32.2. The molecule has 8 nitrogen and oxygen atoms in total. The van der Waals surface area contributed by atoms with Gasteiger partial charge in [0.2, 0.25) is 15.9 Å². The van der Waals surface area contributed by atoms with Crippen LogP contribution in [0.15, 0.2) is 68.8 Å². The Bertz CT molecular complexity index is 1120. The molecule has 1 N–H and O–H groups in total. The van der Waals surface area contributed by atoms with Crippen LogP contribution in [0.5, 0.6) is 0 Å². The van der Waals surface area contributed by atoms with Crippen molar-refractivity contribution in [3.05, 3.63) is 66.1 Å². The topological polar surface area (TPSA) is 105 Å². The Labute approximate surface area is 192 Å². The van der Waals surface area contributed by atoms with Gasteiger partial charge in [0.1, 0.15) is 0 Å². The van der Waals surface area contributed by atoms with E-state index in [4.69, 9.17) is 4.42 Å². The lowest BCUT2D eigenvalue weighted by molar-refractivity contribution is 0.102. The van der Waals surface area contributed by atoms with E-state index < -0.39 is 15.9 Å². The number of nitrogens with one attached hydrogen (secondary N) is 1. The second kappa shape index (κ2) is 11.3. The second-order valence-electron chi connectivity index (χ2n) is 7.07. The average molecular weight is 475 g/mol. The molecule has 1 amide bonds. The normalized spacial score (nSPS) is 11.6. The average Bonchev–Trinajstić information content (AvgIpc) is 3.25. The molecule has 0 spiro atoms. The highest BCUT2D eigenvalue weighted by molar-refractivity contribution is 7.99. The number of aromatic nitrogens is 2. The number of sulfonamides is 1. The fourth-order valence-corrected chi connectivity index (χ4v) is 4.88. The molecular weight excluding hydrogens is 448 g/mol. The van der Waals surface area contributed by atoms with Gasteiger partial charge in [0.25, 0.3) is 5.91 Å². The Kier molecular flexibility index (Phi) is 8.43. The Balaban J connectivity index is 1.54. The molecule has 1 heterocycles. The maximum atomic E-state index is 12.6. The third kappa shape index (κ3) is 6.41. The predicted octanol–water partition coefficient (Wildman–Crippen LogP) is 4.08. The quantitative estimate of drug-likeness (QED) is 0.418. The first kappa shape index (κ1) is 24.0. The number of carbonyl (C=O) groups excluding carboxylic acids is 1. The van der Waals surface area contributed by atoms with Gasteiger partial charge in [0.15, 0.2) is 0 Å². The molecule has 0 aliphatic heterocycles. The first-order valence-corrected chi connectivity index (χ1v) is 12.7. The van der Waals surface area contributed by atoms with E-state index in [0.29, 0.717) is 24.4 Å². The van der Waals surface area contributed by atoms with E-state index in [0.717, 1.165) is 23.5 Å². The Morgan fingerprint density at radius 1 is 1.09 bits per heavy atom. The van der Waals surface area contributed by atoms with Crippen LogP contribution >= 0.6 is 11.8 Å². The van der Waals surface area contributed by atoms with Gasteiger partial charge in [-0.15, -0.1) is 16.9 Å². The van der Waals surface area contributed by atoms with E-state index in [9.17, 15) is 13.2 Å². The van der Waals surface area contributed by atoms with Crippen molar-refractivity contribution in [1.82, 2.24) is 14.5 Å². The number of nitrogens with zero attached hydrogens (tertiary/aromatic N) is 3. The van der Waals surface area contributed by atoms with Crippen LogP contribution in [0.25, 0.3) is 0 Å². The monoisotopic (exact) mass is 474 g/mol. The van der Waals surface area contributed by atoms with Crippen LogP contribution < -0.4 is 5.32 Å². The van der Waals surface area contributed by atoms with Gasteiger partial charge in [0.05, 0.1) is 4.90 Å². The van der Waals surface area contributed by atoms with Crippen LogP contribution in [0.1, 0.15) is 36.0 Å². The van der Waals surface area contributed by atoms with Crippen molar-refractivity contribution in [2.24, 2.45) is 0 Å². The molecule has 10 heteroatoms. The van der Waals surface area contributed by atoms with Crippen molar-refractivity contribution in [3.8, 4) is 0 Å². The number of aryl methyl sites for hydroxylation is 1. The largest absolute Gasteiger partial charge is 0.408 e. The van der Waals surface area contributed by atoms with Gasteiger partial charge >= 0.3 is 6.01 Å². The molecule has 32 heavy (non-hydrogen) atoms. The van der Waals surface area contributed by atoms with Crippen molar-refractivity contribution in [2.45, 2.75) is 36.0 Å². The van der Waals surface area contributed by atoms with Crippen LogP contribution in [-0.2, 0) is 16.4 Å². The number of hydrogen-bond acceptors (Lipinski definition) is 7. The maximum Gasteiger partial charge on any atom is 0.322 e. The third-order valence-electron chi connectivity index (χ3n) is 4.67. The van der Waals surface area contributed by atoms with Gasteiger partial charge < -0.3 is 4.42 Å². The lowest BCUT2D eigenvalue weighted by Crippen LogP contribution is -2.28. The first-order valence-electron chi connectivity index (χ1n) is 10.3. The molecule has 0 aliphatic carbocycles. The van der Waals surface area contributed by atoms with Crippen LogP contribution in [-0.4, -0.2) is 48.2 Å². The molecule has 0 radical (unpaired) electrons. The third-order valence-corrected chi connectivity index (χ3v) is 7.55. The number of anilines is 1. The van der Waals surface area contributed by atoms with Crippen LogP contribution in [0.3, 0.4) is 0 Å². The van der Waals surface area contributed by atoms with Gasteiger partial charge in [-0.25, -0.2) is 12.7 Å². The smallest absolute Gasteiger partial charge is 0.322 e. The van der Waals surface area contributed by atoms with Gasteiger partial charge in [-0.1, -0.05) is 36.6 Å². The summed E-state index contributed by atoms with van der Waals surface area (Å²) in [6.07, 6.45) is 2.26. The second-order valence-corrected chi connectivity index (χ2v) is 10.3. The molecule has 1 aromatic heterocycles. The molecule has 0 atom stereocenters. The molecule has 0 bridgehead atoms. The number of rotatable bonds is 11. The molecular formula is C22H26N4O4S2. The lowest BCUT2D eigenvalue weighted by Gasteiger charge is -2.16. The van der Waals surface area contributed by atoms with Gasteiger partial charge in [0, 0.05) is 36.2 Å². The van der Waals surface area contributed by atoms with E-state index >= 15 is 0 Å². The number of benzene rings is 2. The highest BCUT2D eigenvalue weighted by Gasteiger charge is 2.21. The summed E-state index contributed by atoms with van der Waals surface area (Å²) >= 11 is 1.68. The van der Waals surface area contributed by atoms with Crippen LogP contribution in [0.4, 0.5) is 6.01 Å². The summed E-state index contributed by atoms with van der Waals surface area (Å²) < 4.78 is 32.0. The molecule has 0 saturated carbocycles. The first-order chi connectivity index (χ1) is 15.4. The Morgan fingerprint density at radius 3 is 2.50 bits per heavy atom. The summed E-state index contributed by atoms with van der Waals surface area (Å²) in [5, 5.41) is 10.4. The lowest BCUT2D eigenvalue weighted by atomic mass is 10.2.